The smallest absolute Gasteiger partial charge is 0.245 e. The van der Waals surface area contributed by atoms with Crippen molar-refractivity contribution in [1.82, 2.24) is 20.1 Å². The Morgan fingerprint density at radius 1 is 1.13 bits per heavy atom. The number of carbonyl (C=O) groups excluding carboxylic acids is 2. The van der Waals surface area contributed by atoms with E-state index in [-0.39, 0.29) is 17.7 Å². The summed E-state index contributed by atoms with van der Waals surface area (Å²) in [6.45, 7) is 4.59. The van der Waals surface area contributed by atoms with Crippen LogP contribution in [0, 0.1) is 5.92 Å². The Bertz CT molecular complexity index is 1060. The number of rotatable bonds is 5. The first kappa shape index (κ1) is 19.6. The lowest BCUT2D eigenvalue weighted by Gasteiger charge is -2.31. The summed E-state index contributed by atoms with van der Waals surface area (Å²) in [7, 11) is 0. The van der Waals surface area contributed by atoms with Crippen LogP contribution in [0.3, 0.4) is 0 Å². The molecule has 1 aromatic heterocycles. The first-order valence-corrected chi connectivity index (χ1v) is 9.95. The maximum absolute atomic E-state index is 12.9. The highest BCUT2D eigenvalue weighted by Gasteiger charge is 2.28. The van der Waals surface area contributed by atoms with E-state index in [0.29, 0.717) is 30.4 Å². The Balaban J connectivity index is 1.53. The number of nitrogens with one attached hydrogen (secondary N) is 2. The molecular formula is C23H23N5O2. The highest BCUT2D eigenvalue weighted by atomic mass is 16.2. The third-order valence-corrected chi connectivity index (χ3v) is 5.24. The molecule has 0 saturated carbocycles. The quantitative estimate of drug-likeness (QED) is 0.640. The third-order valence-electron chi connectivity index (χ3n) is 5.24. The number of anilines is 1. The topological polar surface area (TPSA) is 91.0 Å². The zero-order valence-corrected chi connectivity index (χ0v) is 16.5. The van der Waals surface area contributed by atoms with Crippen LogP contribution in [0.25, 0.3) is 22.8 Å². The van der Waals surface area contributed by atoms with Gasteiger partial charge in [-0.05, 0) is 31.1 Å². The number of hydrogen-bond donors (Lipinski definition) is 2. The van der Waals surface area contributed by atoms with Crippen molar-refractivity contribution in [2.75, 3.05) is 18.4 Å². The van der Waals surface area contributed by atoms with Crippen molar-refractivity contribution in [3.8, 4) is 22.8 Å². The maximum Gasteiger partial charge on any atom is 0.245 e. The molecule has 1 aliphatic rings. The minimum absolute atomic E-state index is 0.105. The molecule has 0 radical (unpaired) electrons. The summed E-state index contributed by atoms with van der Waals surface area (Å²) in [4.78, 5) is 31.1. The SMILES string of the molecule is C=CC(=O)N1CCCC(C(=O)Nc2ccccc2-c2nc(-c3ccccc3)n[nH]2)C1. The van der Waals surface area contributed by atoms with E-state index in [1.54, 1.807) is 4.90 Å². The summed E-state index contributed by atoms with van der Waals surface area (Å²) < 4.78 is 0. The van der Waals surface area contributed by atoms with Gasteiger partial charge >= 0.3 is 0 Å². The monoisotopic (exact) mass is 401 g/mol. The van der Waals surface area contributed by atoms with Gasteiger partial charge in [0.05, 0.1) is 11.6 Å². The van der Waals surface area contributed by atoms with E-state index in [2.05, 4.69) is 27.1 Å². The largest absolute Gasteiger partial charge is 0.338 e. The van der Waals surface area contributed by atoms with E-state index >= 15 is 0 Å². The van der Waals surface area contributed by atoms with Gasteiger partial charge in [-0.15, -0.1) is 0 Å². The highest BCUT2D eigenvalue weighted by molar-refractivity contribution is 5.97. The number of hydrogen-bond acceptors (Lipinski definition) is 4. The van der Waals surface area contributed by atoms with Gasteiger partial charge in [0.25, 0.3) is 0 Å². The van der Waals surface area contributed by atoms with Gasteiger partial charge in [-0.25, -0.2) is 4.98 Å². The standard InChI is InChI=1S/C23H23N5O2/c1-2-20(29)28-14-8-11-17(15-28)23(30)24-19-13-7-6-12-18(19)22-25-21(26-27-22)16-9-4-3-5-10-16/h2-7,9-10,12-13,17H,1,8,11,14-15H2,(H,24,30)(H,25,26,27). The van der Waals surface area contributed by atoms with Crippen LogP contribution in [0.5, 0.6) is 0 Å². The van der Waals surface area contributed by atoms with Gasteiger partial charge in [0, 0.05) is 24.2 Å². The summed E-state index contributed by atoms with van der Waals surface area (Å²) in [5.74, 6) is 0.676. The number of nitrogens with zero attached hydrogens (tertiary/aromatic N) is 3. The van der Waals surface area contributed by atoms with Crippen molar-refractivity contribution in [2.45, 2.75) is 12.8 Å². The average Bonchev–Trinajstić information content (AvgIpc) is 3.29. The van der Waals surface area contributed by atoms with Crippen molar-refractivity contribution in [1.29, 1.82) is 0 Å². The first-order valence-electron chi connectivity index (χ1n) is 9.95. The molecule has 1 fully saturated rings. The van der Waals surface area contributed by atoms with Crippen molar-refractivity contribution < 1.29 is 9.59 Å². The predicted octanol–water partition coefficient (Wildman–Crippen LogP) is 3.50. The highest BCUT2D eigenvalue weighted by Crippen LogP contribution is 2.28. The summed E-state index contributed by atoms with van der Waals surface area (Å²) in [6.07, 6.45) is 2.83. The maximum atomic E-state index is 12.9. The molecule has 0 bridgehead atoms. The molecule has 7 nitrogen and oxygen atoms in total. The Labute approximate surface area is 174 Å². The lowest BCUT2D eigenvalue weighted by atomic mass is 9.96. The molecule has 4 rings (SSSR count). The van der Waals surface area contributed by atoms with Gasteiger partial charge in [0.2, 0.25) is 11.8 Å². The number of aromatic amines is 1. The van der Waals surface area contributed by atoms with Gasteiger partial charge in [-0.3, -0.25) is 14.7 Å². The van der Waals surface area contributed by atoms with Crippen LogP contribution < -0.4 is 5.32 Å². The number of aromatic nitrogens is 3. The van der Waals surface area contributed by atoms with Gasteiger partial charge in [-0.1, -0.05) is 49.0 Å². The van der Waals surface area contributed by atoms with Gasteiger partial charge < -0.3 is 10.2 Å². The fraction of sp³-hybridized carbons (Fsp3) is 0.217. The fourth-order valence-electron chi connectivity index (χ4n) is 3.65. The number of para-hydroxylation sites is 1. The molecule has 152 valence electrons. The Morgan fingerprint density at radius 2 is 1.90 bits per heavy atom. The molecular weight excluding hydrogens is 378 g/mol. The van der Waals surface area contributed by atoms with Gasteiger partial charge in [0.1, 0.15) is 0 Å². The number of amides is 2. The zero-order valence-electron chi connectivity index (χ0n) is 16.5. The van der Waals surface area contributed by atoms with Crippen molar-refractivity contribution in [3.05, 3.63) is 67.3 Å². The summed E-state index contributed by atoms with van der Waals surface area (Å²) in [5.41, 5.74) is 2.33. The molecule has 2 heterocycles. The molecule has 1 saturated heterocycles. The molecule has 7 heteroatoms. The summed E-state index contributed by atoms with van der Waals surface area (Å²) >= 11 is 0. The second-order valence-corrected chi connectivity index (χ2v) is 7.24. The van der Waals surface area contributed by atoms with Crippen LogP contribution in [-0.2, 0) is 9.59 Å². The van der Waals surface area contributed by atoms with Crippen LogP contribution >= 0.6 is 0 Å². The second-order valence-electron chi connectivity index (χ2n) is 7.24. The van der Waals surface area contributed by atoms with Crippen molar-refractivity contribution in [2.24, 2.45) is 5.92 Å². The van der Waals surface area contributed by atoms with E-state index in [1.165, 1.54) is 6.08 Å². The van der Waals surface area contributed by atoms with Gasteiger partial charge in [0.15, 0.2) is 11.6 Å². The van der Waals surface area contributed by atoms with Crippen LogP contribution in [0.4, 0.5) is 5.69 Å². The Morgan fingerprint density at radius 3 is 2.70 bits per heavy atom. The van der Waals surface area contributed by atoms with E-state index in [1.807, 2.05) is 54.6 Å². The van der Waals surface area contributed by atoms with Crippen molar-refractivity contribution in [3.63, 3.8) is 0 Å². The summed E-state index contributed by atoms with van der Waals surface area (Å²) in [6, 6.07) is 17.2. The van der Waals surface area contributed by atoms with Crippen LogP contribution in [0.1, 0.15) is 12.8 Å². The molecule has 1 aliphatic heterocycles. The van der Waals surface area contributed by atoms with E-state index in [9.17, 15) is 9.59 Å². The zero-order chi connectivity index (χ0) is 20.9. The number of likely N-dealkylation sites (tertiary alicyclic amines) is 1. The average molecular weight is 401 g/mol. The third kappa shape index (κ3) is 4.15. The second kappa shape index (κ2) is 8.73. The molecule has 0 spiro atoms. The van der Waals surface area contributed by atoms with E-state index in [4.69, 9.17) is 0 Å². The van der Waals surface area contributed by atoms with Crippen LogP contribution in [0.2, 0.25) is 0 Å². The molecule has 30 heavy (non-hydrogen) atoms. The normalized spacial score (nSPS) is 16.1. The fourth-order valence-corrected chi connectivity index (χ4v) is 3.65. The number of benzene rings is 2. The Hall–Kier alpha value is -3.74. The number of piperidine rings is 1. The molecule has 2 N–H and O–H groups in total. The number of carbonyl (C=O) groups is 2. The minimum atomic E-state index is -0.259. The number of H-pyrrole nitrogens is 1. The van der Waals surface area contributed by atoms with E-state index in [0.717, 1.165) is 24.0 Å². The minimum Gasteiger partial charge on any atom is -0.338 e. The van der Waals surface area contributed by atoms with Crippen LogP contribution in [-0.4, -0.2) is 45.0 Å². The molecule has 2 aromatic carbocycles. The lowest BCUT2D eigenvalue weighted by Crippen LogP contribution is -2.43. The predicted molar refractivity (Wildman–Crippen MR) is 115 cm³/mol. The van der Waals surface area contributed by atoms with Crippen molar-refractivity contribution >= 4 is 17.5 Å². The lowest BCUT2D eigenvalue weighted by molar-refractivity contribution is -0.130. The molecule has 1 atom stereocenters. The summed E-state index contributed by atoms with van der Waals surface area (Å²) in [5, 5.41) is 10.3. The molecule has 0 aliphatic carbocycles. The van der Waals surface area contributed by atoms with Crippen LogP contribution in [0.15, 0.2) is 67.3 Å². The molecule has 1 unspecified atom stereocenters. The molecule has 2 amide bonds. The Kier molecular flexibility index (Phi) is 5.70. The first-order chi connectivity index (χ1) is 14.7. The van der Waals surface area contributed by atoms with E-state index < -0.39 is 0 Å². The van der Waals surface area contributed by atoms with Gasteiger partial charge in [-0.2, -0.15) is 5.10 Å². The molecule has 3 aromatic rings.